The van der Waals surface area contributed by atoms with Gasteiger partial charge in [0.1, 0.15) is 17.3 Å². The molecule has 2 fully saturated rings. The summed E-state index contributed by atoms with van der Waals surface area (Å²) in [6.45, 7) is 6.58. The zero-order valence-corrected chi connectivity index (χ0v) is 19.1. The van der Waals surface area contributed by atoms with Gasteiger partial charge in [-0.25, -0.2) is 9.07 Å². The second-order valence-corrected chi connectivity index (χ2v) is 8.78. The minimum absolute atomic E-state index is 0.320. The van der Waals surface area contributed by atoms with Crippen LogP contribution in [0.25, 0.3) is 16.9 Å². The molecule has 0 amide bonds. The van der Waals surface area contributed by atoms with Gasteiger partial charge in [0.05, 0.1) is 26.0 Å². The summed E-state index contributed by atoms with van der Waals surface area (Å²) in [5.74, 6) is 0.186. The van der Waals surface area contributed by atoms with E-state index in [4.69, 9.17) is 14.6 Å². The molecule has 0 spiro atoms. The van der Waals surface area contributed by atoms with Crippen LogP contribution in [0.3, 0.4) is 0 Å². The van der Waals surface area contributed by atoms with E-state index in [-0.39, 0.29) is 5.82 Å². The molecule has 0 atom stereocenters. The van der Waals surface area contributed by atoms with E-state index in [0.717, 1.165) is 70.0 Å². The minimum Gasteiger partial charge on any atom is -0.497 e. The third-order valence-corrected chi connectivity index (χ3v) is 6.76. The van der Waals surface area contributed by atoms with Crippen molar-refractivity contribution in [1.29, 1.82) is 0 Å². The van der Waals surface area contributed by atoms with Crippen molar-refractivity contribution in [3.05, 3.63) is 66.1 Å². The first-order valence-electron chi connectivity index (χ1n) is 11.7. The Hall–Kier alpha value is -2.74. The fourth-order valence-corrected chi connectivity index (χ4v) is 4.91. The van der Waals surface area contributed by atoms with Crippen LogP contribution in [0.2, 0.25) is 0 Å². The van der Waals surface area contributed by atoms with E-state index in [1.165, 1.54) is 6.07 Å². The Bertz CT molecular complexity index is 1060. The molecule has 2 aliphatic heterocycles. The highest BCUT2D eigenvalue weighted by Crippen LogP contribution is 2.30. The molecule has 0 unspecified atom stereocenters. The van der Waals surface area contributed by atoms with E-state index < -0.39 is 0 Å². The van der Waals surface area contributed by atoms with Crippen LogP contribution >= 0.6 is 0 Å². The first-order chi connectivity index (χ1) is 16.2. The summed E-state index contributed by atoms with van der Waals surface area (Å²) in [6.07, 6.45) is 4.35. The molecule has 2 aliphatic rings. The van der Waals surface area contributed by atoms with Crippen molar-refractivity contribution < 1.29 is 13.9 Å². The number of benzene rings is 2. The second-order valence-electron chi connectivity index (χ2n) is 8.78. The number of hydrogen-bond acceptors (Lipinski definition) is 5. The number of likely N-dealkylation sites (tertiary alicyclic amines) is 1. The lowest BCUT2D eigenvalue weighted by atomic mass is 10.0. The zero-order chi connectivity index (χ0) is 22.6. The predicted octanol–water partition coefficient (Wildman–Crippen LogP) is 3.98. The molecule has 0 N–H and O–H groups in total. The number of rotatable bonds is 6. The highest BCUT2D eigenvalue weighted by Gasteiger charge is 2.27. The number of ether oxygens (including phenoxy) is 2. The first-order valence-corrected chi connectivity index (χ1v) is 11.7. The van der Waals surface area contributed by atoms with Crippen molar-refractivity contribution in [1.82, 2.24) is 19.6 Å². The molecule has 0 bridgehead atoms. The van der Waals surface area contributed by atoms with Gasteiger partial charge < -0.3 is 9.47 Å². The maximum Gasteiger partial charge on any atom is 0.136 e. The topological polar surface area (TPSA) is 42.8 Å². The Morgan fingerprint density at radius 1 is 1.03 bits per heavy atom. The molecule has 6 nitrogen and oxygen atoms in total. The number of hydrogen-bond donors (Lipinski definition) is 0. The third-order valence-electron chi connectivity index (χ3n) is 6.76. The molecule has 1 aromatic heterocycles. The molecule has 174 valence electrons. The van der Waals surface area contributed by atoms with E-state index in [0.29, 0.717) is 23.0 Å². The molecule has 2 aromatic carbocycles. The van der Waals surface area contributed by atoms with Gasteiger partial charge in [-0.3, -0.25) is 9.80 Å². The molecule has 3 aromatic rings. The Morgan fingerprint density at radius 2 is 1.79 bits per heavy atom. The summed E-state index contributed by atoms with van der Waals surface area (Å²) >= 11 is 0. The fraction of sp³-hybridized carbons (Fsp3) is 0.423. The van der Waals surface area contributed by atoms with E-state index >= 15 is 0 Å². The van der Waals surface area contributed by atoms with Gasteiger partial charge >= 0.3 is 0 Å². The van der Waals surface area contributed by atoms with Crippen LogP contribution in [0.4, 0.5) is 4.39 Å². The third kappa shape index (κ3) is 4.95. The van der Waals surface area contributed by atoms with E-state index in [1.54, 1.807) is 19.2 Å². The molecule has 0 radical (unpaired) electrons. The lowest BCUT2D eigenvalue weighted by Crippen LogP contribution is -2.48. The molecular formula is C26H31FN4O2. The lowest BCUT2D eigenvalue weighted by molar-refractivity contribution is 0.000241. The quantitative estimate of drug-likeness (QED) is 0.568. The average Bonchev–Trinajstić information content (AvgIpc) is 3.29. The summed E-state index contributed by atoms with van der Waals surface area (Å²) in [6, 6.07) is 15.6. The van der Waals surface area contributed by atoms with Crippen LogP contribution in [0.5, 0.6) is 5.75 Å². The van der Waals surface area contributed by atoms with Gasteiger partial charge in [-0.1, -0.05) is 18.2 Å². The van der Waals surface area contributed by atoms with Crippen LogP contribution in [-0.4, -0.2) is 72.1 Å². The number of morpholine rings is 1. The van der Waals surface area contributed by atoms with Crippen LogP contribution < -0.4 is 4.74 Å². The Balaban J connectivity index is 1.37. The van der Waals surface area contributed by atoms with Gasteiger partial charge in [-0.2, -0.15) is 5.10 Å². The summed E-state index contributed by atoms with van der Waals surface area (Å²) < 4.78 is 27.5. The maximum atomic E-state index is 15.0. The van der Waals surface area contributed by atoms with Gasteiger partial charge in [0.25, 0.3) is 0 Å². The smallest absolute Gasteiger partial charge is 0.136 e. The lowest BCUT2D eigenvalue weighted by Gasteiger charge is -2.40. The molecule has 2 saturated heterocycles. The van der Waals surface area contributed by atoms with E-state index in [9.17, 15) is 4.39 Å². The first kappa shape index (κ1) is 22.1. The number of para-hydroxylation sites is 1. The summed E-state index contributed by atoms with van der Waals surface area (Å²) in [4.78, 5) is 5.04. The number of nitrogens with zero attached hydrogens (tertiary/aromatic N) is 4. The van der Waals surface area contributed by atoms with Crippen LogP contribution in [-0.2, 0) is 11.3 Å². The van der Waals surface area contributed by atoms with Crippen LogP contribution in [0.15, 0.2) is 54.7 Å². The van der Waals surface area contributed by atoms with Gasteiger partial charge in [0.2, 0.25) is 0 Å². The molecule has 0 aliphatic carbocycles. The van der Waals surface area contributed by atoms with Crippen LogP contribution in [0, 0.1) is 5.82 Å². The number of methoxy groups -OCH3 is 1. The molecule has 0 saturated carbocycles. The summed E-state index contributed by atoms with van der Waals surface area (Å²) in [7, 11) is 1.55. The fourth-order valence-electron chi connectivity index (χ4n) is 4.91. The average molecular weight is 451 g/mol. The monoisotopic (exact) mass is 450 g/mol. The van der Waals surface area contributed by atoms with Crippen molar-refractivity contribution in [2.75, 3.05) is 46.5 Å². The second kappa shape index (κ2) is 10.0. The number of piperidine rings is 1. The Kier molecular flexibility index (Phi) is 6.71. The Morgan fingerprint density at radius 3 is 2.48 bits per heavy atom. The SMILES string of the molecule is COc1ccc(-c2nn(-c3ccccc3)cc2CN2CCC(N3CCOCC3)CC2)c(F)c1. The van der Waals surface area contributed by atoms with Gasteiger partial charge in [-0.05, 0) is 50.2 Å². The molecular weight excluding hydrogens is 419 g/mol. The van der Waals surface area contributed by atoms with Crippen molar-refractivity contribution >= 4 is 0 Å². The Labute approximate surface area is 194 Å². The summed E-state index contributed by atoms with van der Waals surface area (Å²) in [5, 5.41) is 4.81. The minimum atomic E-state index is -0.320. The highest BCUT2D eigenvalue weighted by atomic mass is 19.1. The molecule has 3 heterocycles. The van der Waals surface area contributed by atoms with Crippen molar-refractivity contribution in [2.45, 2.75) is 25.4 Å². The van der Waals surface area contributed by atoms with Crippen molar-refractivity contribution in [3.63, 3.8) is 0 Å². The number of aromatic nitrogens is 2. The maximum absolute atomic E-state index is 15.0. The highest BCUT2D eigenvalue weighted by molar-refractivity contribution is 5.65. The normalized spacial score (nSPS) is 18.5. The largest absolute Gasteiger partial charge is 0.497 e. The van der Waals surface area contributed by atoms with Crippen LogP contribution in [0.1, 0.15) is 18.4 Å². The standard InChI is InChI=1S/C26H31FN4O2/c1-32-23-7-8-24(25(27)17-23)26-20(19-31(28-26)22-5-3-2-4-6-22)18-29-11-9-21(10-12-29)30-13-15-33-16-14-30/h2-8,17,19,21H,9-16,18H2,1H3. The van der Waals surface area contributed by atoms with Gasteiger partial charge in [0, 0.05) is 49.1 Å². The molecule has 5 rings (SSSR count). The van der Waals surface area contributed by atoms with Gasteiger partial charge in [-0.15, -0.1) is 0 Å². The predicted molar refractivity (Wildman–Crippen MR) is 126 cm³/mol. The van der Waals surface area contributed by atoms with E-state index in [2.05, 4.69) is 9.80 Å². The number of halogens is 1. The van der Waals surface area contributed by atoms with E-state index in [1.807, 2.05) is 41.2 Å². The molecule has 7 heteroatoms. The summed E-state index contributed by atoms with van der Waals surface area (Å²) in [5.41, 5.74) is 3.19. The van der Waals surface area contributed by atoms with Gasteiger partial charge in [0.15, 0.2) is 0 Å². The molecule has 33 heavy (non-hydrogen) atoms. The zero-order valence-electron chi connectivity index (χ0n) is 19.1. The van der Waals surface area contributed by atoms with Crippen molar-refractivity contribution in [2.24, 2.45) is 0 Å². The van der Waals surface area contributed by atoms with Crippen molar-refractivity contribution in [3.8, 4) is 22.7 Å².